The largest absolute Gasteiger partial charge is 0.395 e. The number of anilines is 1. The summed E-state index contributed by atoms with van der Waals surface area (Å²) in [6, 6.07) is 9.06. The summed E-state index contributed by atoms with van der Waals surface area (Å²) in [6.45, 7) is -0.0504. The maximum atomic E-state index is 12.3. The molecule has 2 aromatic rings. The number of nitrogen functional groups attached to an aromatic ring is 1. The fourth-order valence-corrected chi connectivity index (χ4v) is 2.05. The van der Waals surface area contributed by atoms with Gasteiger partial charge in [0.1, 0.15) is 11.5 Å². The molecule has 0 saturated carbocycles. The highest BCUT2D eigenvalue weighted by molar-refractivity contribution is 5.99. The van der Waals surface area contributed by atoms with E-state index in [1.165, 1.54) is 4.90 Å². The number of hydrogen-bond donors (Lipinski definition) is 3. The Bertz CT molecular complexity index is 610. The molecule has 0 aliphatic carbocycles. The van der Waals surface area contributed by atoms with Gasteiger partial charge in [-0.2, -0.15) is 0 Å². The Morgan fingerprint density at radius 3 is 2.50 bits per heavy atom. The first-order valence-electron chi connectivity index (χ1n) is 6.33. The average molecular weight is 275 g/mol. The van der Waals surface area contributed by atoms with E-state index in [-0.39, 0.29) is 37.9 Å². The van der Waals surface area contributed by atoms with E-state index in [2.05, 4.69) is 4.98 Å². The second-order valence-electron chi connectivity index (χ2n) is 4.35. The van der Waals surface area contributed by atoms with Crippen molar-refractivity contribution in [2.24, 2.45) is 0 Å². The molecule has 106 valence electrons. The number of aromatic nitrogens is 1. The highest BCUT2D eigenvalue weighted by atomic mass is 16.3. The van der Waals surface area contributed by atoms with E-state index >= 15 is 0 Å². The van der Waals surface area contributed by atoms with Gasteiger partial charge in [-0.15, -0.1) is 0 Å². The van der Waals surface area contributed by atoms with Crippen LogP contribution in [0, 0.1) is 0 Å². The predicted octanol–water partition coefficient (Wildman–Crippen LogP) is 0.244. The molecule has 1 aromatic carbocycles. The Labute approximate surface area is 116 Å². The number of carbonyl (C=O) groups is 1. The maximum absolute atomic E-state index is 12.3. The summed E-state index contributed by atoms with van der Waals surface area (Å²) in [7, 11) is 0. The van der Waals surface area contributed by atoms with E-state index in [1.54, 1.807) is 6.07 Å². The van der Waals surface area contributed by atoms with Gasteiger partial charge in [-0.05, 0) is 11.5 Å². The van der Waals surface area contributed by atoms with E-state index in [0.717, 1.165) is 10.8 Å². The van der Waals surface area contributed by atoms with Crippen molar-refractivity contribution in [2.75, 3.05) is 32.0 Å². The smallest absolute Gasteiger partial charge is 0.272 e. The van der Waals surface area contributed by atoms with Crippen LogP contribution in [0.4, 0.5) is 5.82 Å². The molecule has 4 N–H and O–H groups in total. The van der Waals surface area contributed by atoms with Gasteiger partial charge in [0.2, 0.25) is 0 Å². The molecule has 0 spiro atoms. The van der Waals surface area contributed by atoms with Crippen LogP contribution < -0.4 is 5.73 Å². The van der Waals surface area contributed by atoms with Crippen LogP contribution in [0.3, 0.4) is 0 Å². The summed E-state index contributed by atoms with van der Waals surface area (Å²) in [5.41, 5.74) is 6.07. The zero-order chi connectivity index (χ0) is 14.5. The van der Waals surface area contributed by atoms with Crippen LogP contribution >= 0.6 is 0 Å². The third-order valence-electron chi connectivity index (χ3n) is 3.02. The monoisotopic (exact) mass is 275 g/mol. The number of carbonyl (C=O) groups excluding carboxylic acids is 1. The number of benzene rings is 1. The molecule has 6 nitrogen and oxygen atoms in total. The lowest BCUT2D eigenvalue weighted by Gasteiger charge is -2.20. The number of hydrogen-bond acceptors (Lipinski definition) is 5. The zero-order valence-corrected chi connectivity index (χ0v) is 11.0. The third kappa shape index (κ3) is 2.87. The number of nitrogens with two attached hydrogens (primary N) is 1. The second kappa shape index (κ2) is 6.31. The lowest BCUT2D eigenvalue weighted by atomic mass is 10.1. The maximum Gasteiger partial charge on any atom is 0.272 e. The molecule has 0 unspecified atom stereocenters. The molecule has 0 atom stereocenters. The van der Waals surface area contributed by atoms with Crippen molar-refractivity contribution in [3.05, 3.63) is 36.0 Å². The summed E-state index contributed by atoms with van der Waals surface area (Å²) in [4.78, 5) is 17.8. The van der Waals surface area contributed by atoms with Crippen molar-refractivity contribution in [1.82, 2.24) is 9.88 Å². The van der Waals surface area contributed by atoms with Gasteiger partial charge in [0.15, 0.2) is 0 Å². The SMILES string of the molecule is Nc1nc(C(=O)N(CCO)CCO)cc2ccccc12. The fourth-order valence-electron chi connectivity index (χ4n) is 2.05. The van der Waals surface area contributed by atoms with Crippen LogP contribution in [0.2, 0.25) is 0 Å². The number of nitrogens with zero attached hydrogens (tertiary/aromatic N) is 2. The summed E-state index contributed by atoms with van der Waals surface area (Å²) in [5, 5.41) is 19.6. The number of rotatable bonds is 5. The normalized spacial score (nSPS) is 10.7. The summed E-state index contributed by atoms with van der Waals surface area (Å²) in [5.74, 6) is -0.0649. The Hall–Kier alpha value is -2.18. The molecule has 0 radical (unpaired) electrons. The molecule has 20 heavy (non-hydrogen) atoms. The van der Waals surface area contributed by atoms with Gasteiger partial charge in [-0.25, -0.2) is 4.98 Å². The van der Waals surface area contributed by atoms with Gasteiger partial charge in [-0.1, -0.05) is 24.3 Å². The average Bonchev–Trinajstić information content (AvgIpc) is 2.46. The number of aliphatic hydroxyl groups is 2. The van der Waals surface area contributed by atoms with Crippen molar-refractivity contribution >= 4 is 22.5 Å². The number of aliphatic hydroxyl groups excluding tert-OH is 2. The van der Waals surface area contributed by atoms with Gasteiger partial charge in [0.25, 0.3) is 5.91 Å². The van der Waals surface area contributed by atoms with Crippen LogP contribution in [-0.4, -0.2) is 52.3 Å². The van der Waals surface area contributed by atoms with Crippen molar-refractivity contribution in [2.45, 2.75) is 0 Å². The zero-order valence-electron chi connectivity index (χ0n) is 11.0. The van der Waals surface area contributed by atoms with E-state index in [1.807, 2.05) is 24.3 Å². The number of amides is 1. The van der Waals surface area contributed by atoms with Crippen LogP contribution in [0.15, 0.2) is 30.3 Å². The molecule has 0 aliphatic rings. The van der Waals surface area contributed by atoms with Crippen molar-refractivity contribution < 1.29 is 15.0 Å². The molecule has 0 bridgehead atoms. The van der Waals surface area contributed by atoms with Gasteiger partial charge in [0, 0.05) is 18.5 Å². The van der Waals surface area contributed by atoms with Crippen molar-refractivity contribution in [3.63, 3.8) is 0 Å². The summed E-state index contributed by atoms with van der Waals surface area (Å²) >= 11 is 0. The molecule has 0 aliphatic heterocycles. The lowest BCUT2D eigenvalue weighted by Crippen LogP contribution is -2.36. The minimum absolute atomic E-state index is 0.147. The topological polar surface area (TPSA) is 99.7 Å². The van der Waals surface area contributed by atoms with Crippen molar-refractivity contribution in [3.8, 4) is 0 Å². The van der Waals surface area contributed by atoms with Gasteiger partial charge >= 0.3 is 0 Å². The number of pyridine rings is 1. The highest BCUT2D eigenvalue weighted by Gasteiger charge is 2.17. The first-order valence-corrected chi connectivity index (χ1v) is 6.33. The molecule has 1 amide bonds. The molecule has 1 heterocycles. The third-order valence-corrected chi connectivity index (χ3v) is 3.02. The lowest BCUT2D eigenvalue weighted by molar-refractivity contribution is 0.0679. The minimum atomic E-state index is -0.356. The van der Waals surface area contributed by atoms with E-state index < -0.39 is 0 Å². The summed E-state index contributed by atoms with van der Waals surface area (Å²) < 4.78 is 0. The Morgan fingerprint density at radius 2 is 1.85 bits per heavy atom. The highest BCUT2D eigenvalue weighted by Crippen LogP contribution is 2.20. The summed E-state index contributed by atoms with van der Waals surface area (Å²) in [6.07, 6.45) is 0. The quantitative estimate of drug-likeness (QED) is 0.726. The first kappa shape index (κ1) is 14.2. The fraction of sp³-hybridized carbons (Fsp3) is 0.286. The molecular weight excluding hydrogens is 258 g/mol. The van der Waals surface area contributed by atoms with Gasteiger partial charge in [0.05, 0.1) is 13.2 Å². The molecule has 0 saturated heterocycles. The molecule has 0 fully saturated rings. The molecule has 1 aromatic heterocycles. The molecular formula is C14H17N3O3. The number of fused-ring (bicyclic) bond motifs is 1. The molecule has 6 heteroatoms. The van der Waals surface area contributed by atoms with Crippen LogP contribution in [0.5, 0.6) is 0 Å². The van der Waals surface area contributed by atoms with Crippen LogP contribution in [-0.2, 0) is 0 Å². The van der Waals surface area contributed by atoms with Gasteiger partial charge < -0.3 is 20.8 Å². The second-order valence-corrected chi connectivity index (χ2v) is 4.35. The molecule has 2 rings (SSSR count). The standard InChI is InChI=1S/C14H17N3O3/c15-13-11-4-2-1-3-10(11)9-12(16-13)14(20)17(5-7-18)6-8-19/h1-4,9,18-19H,5-8H2,(H2,15,16). The minimum Gasteiger partial charge on any atom is -0.395 e. The Kier molecular flexibility index (Phi) is 4.49. The van der Waals surface area contributed by atoms with E-state index in [4.69, 9.17) is 15.9 Å². The van der Waals surface area contributed by atoms with Crippen LogP contribution in [0.25, 0.3) is 10.8 Å². The van der Waals surface area contributed by atoms with Gasteiger partial charge in [-0.3, -0.25) is 4.79 Å². The first-order chi connectivity index (χ1) is 9.67. The Morgan fingerprint density at radius 1 is 1.20 bits per heavy atom. The van der Waals surface area contributed by atoms with Crippen LogP contribution in [0.1, 0.15) is 10.5 Å². The van der Waals surface area contributed by atoms with Crippen molar-refractivity contribution in [1.29, 1.82) is 0 Å². The van der Waals surface area contributed by atoms with E-state index in [0.29, 0.717) is 5.82 Å². The Balaban J connectivity index is 2.38. The van der Waals surface area contributed by atoms with E-state index in [9.17, 15) is 4.79 Å². The predicted molar refractivity (Wildman–Crippen MR) is 76.2 cm³/mol.